The van der Waals surface area contributed by atoms with Crippen molar-refractivity contribution in [1.29, 1.82) is 0 Å². The molecule has 120 valence electrons. The van der Waals surface area contributed by atoms with Crippen molar-refractivity contribution in [2.24, 2.45) is 0 Å². The average molecular weight is 413 g/mol. The molecule has 1 saturated heterocycles. The number of aromatic nitrogens is 2. The molecule has 2 fully saturated rings. The summed E-state index contributed by atoms with van der Waals surface area (Å²) in [5, 5.41) is 1.31. The second-order valence-corrected chi connectivity index (χ2v) is 7.74. The molecule has 2 heterocycles. The van der Waals surface area contributed by atoms with Crippen LogP contribution in [0.4, 0.5) is 5.82 Å². The Morgan fingerprint density at radius 2 is 1.78 bits per heavy atom. The van der Waals surface area contributed by atoms with Gasteiger partial charge in [0, 0.05) is 17.5 Å². The molecule has 1 unspecified atom stereocenters. The first-order valence-corrected chi connectivity index (χ1v) is 9.43. The summed E-state index contributed by atoms with van der Waals surface area (Å²) in [5.74, 6) is 1.34. The van der Waals surface area contributed by atoms with Crippen molar-refractivity contribution in [3.8, 4) is 0 Å². The van der Waals surface area contributed by atoms with Gasteiger partial charge in [-0.05, 0) is 59.3 Å². The first kappa shape index (κ1) is 15.7. The standard InChI is InChI=1S/C17H16BrCl2N3/c18-15-17(22-16(20)14(21-15)11-3-4-11)23-9-1-2-13(23)10-5-7-12(19)8-6-10/h5-8,11,13H,1-4,9H2. The van der Waals surface area contributed by atoms with Gasteiger partial charge in [0.1, 0.15) is 4.60 Å². The molecule has 0 spiro atoms. The summed E-state index contributed by atoms with van der Waals surface area (Å²) in [4.78, 5) is 11.6. The molecule has 23 heavy (non-hydrogen) atoms. The molecule has 4 rings (SSSR count). The fourth-order valence-electron chi connectivity index (χ4n) is 3.25. The lowest BCUT2D eigenvalue weighted by Crippen LogP contribution is -2.24. The third-order valence-corrected chi connectivity index (χ3v) is 5.62. The van der Waals surface area contributed by atoms with E-state index in [-0.39, 0.29) is 0 Å². The van der Waals surface area contributed by atoms with Gasteiger partial charge in [0.25, 0.3) is 0 Å². The second-order valence-electron chi connectivity index (χ2n) is 6.19. The van der Waals surface area contributed by atoms with Crippen LogP contribution >= 0.6 is 39.1 Å². The predicted molar refractivity (Wildman–Crippen MR) is 97.5 cm³/mol. The van der Waals surface area contributed by atoms with Crippen LogP contribution in [0.15, 0.2) is 28.9 Å². The number of hydrogen-bond donors (Lipinski definition) is 0. The molecule has 1 aliphatic carbocycles. The molecule has 0 radical (unpaired) electrons. The lowest BCUT2D eigenvalue weighted by Gasteiger charge is -2.27. The van der Waals surface area contributed by atoms with Crippen LogP contribution in [0.1, 0.15) is 48.9 Å². The zero-order valence-electron chi connectivity index (χ0n) is 12.5. The molecule has 2 aromatic rings. The zero-order chi connectivity index (χ0) is 16.0. The first-order chi connectivity index (χ1) is 11.1. The van der Waals surface area contributed by atoms with Gasteiger partial charge < -0.3 is 4.90 Å². The maximum Gasteiger partial charge on any atom is 0.164 e. The Kier molecular flexibility index (Phi) is 4.24. The van der Waals surface area contributed by atoms with Crippen molar-refractivity contribution in [3.63, 3.8) is 0 Å². The minimum Gasteiger partial charge on any atom is -0.347 e. The van der Waals surface area contributed by atoms with Crippen molar-refractivity contribution in [2.75, 3.05) is 11.4 Å². The third-order valence-electron chi connectivity index (χ3n) is 4.56. The highest BCUT2D eigenvalue weighted by Crippen LogP contribution is 2.44. The number of rotatable bonds is 3. The van der Waals surface area contributed by atoms with Crippen LogP contribution in [0, 0.1) is 0 Å². The normalized spacial score (nSPS) is 21.0. The topological polar surface area (TPSA) is 29.0 Å². The van der Waals surface area contributed by atoms with Gasteiger partial charge >= 0.3 is 0 Å². The van der Waals surface area contributed by atoms with Crippen molar-refractivity contribution < 1.29 is 0 Å². The summed E-state index contributed by atoms with van der Waals surface area (Å²) in [5.41, 5.74) is 2.19. The van der Waals surface area contributed by atoms with Crippen LogP contribution in [0.25, 0.3) is 0 Å². The summed E-state index contributed by atoms with van der Waals surface area (Å²) >= 11 is 16.0. The fraction of sp³-hybridized carbons (Fsp3) is 0.412. The van der Waals surface area contributed by atoms with Gasteiger partial charge in [-0.1, -0.05) is 35.3 Å². The van der Waals surface area contributed by atoms with Crippen LogP contribution in [-0.4, -0.2) is 16.5 Å². The van der Waals surface area contributed by atoms with Crippen LogP contribution in [-0.2, 0) is 0 Å². The van der Waals surface area contributed by atoms with E-state index in [1.807, 2.05) is 12.1 Å². The molecule has 1 aromatic heterocycles. The molecule has 0 N–H and O–H groups in total. The van der Waals surface area contributed by atoms with Gasteiger partial charge in [0.15, 0.2) is 11.0 Å². The summed E-state index contributed by atoms with van der Waals surface area (Å²) in [6.07, 6.45) is 4.55. The maximum atomic E-state index is 6.39. The number of halogens is 3. The smallest absolute Gasteiger partial charge is 0.164 e. The quantitative estimate of drug-likeness (QED) is 0.641. The number of benzene rings is 1. The van der Waals surface area contributed by atoms with E-state index in [9.17, 15) is 0 Å². The number of hydrogen-bond acceptors (Lipinski definition) is 3. The molecule has 1 atom stereocenters. The second kappa shape index (κ2) is 6.23. The zero-order valence-corrected chi connectivity index (χ0v) is 15.6. The van der Waals surface area contributed by atoms with E-state index >= 15 is 0 Å². The maximum absolute atomic E-state index is 6.39. The number of anilines is 1. The summed E-state index contributed by atoms with van der Waals surface area (Å²) in [6.45, 7) is 0.958. The van der Waals surface area contributed by atoms with E-state index in [0.29, 0.717) is 17.1 Å². The molecular weight excluding hydrogens is 397 g/mol. The van der Waals surface area contributed by atoms with Gasteiger partial charge in [-0.25, -0.2) is 9.97 Å². The van der Waals surface area contributed by atoms with Crippen molar-refractivity contribution in [3.05, 3.63) is 50.3 Å². The Morgan fingerprint density at radius 3 is 2.48 bits per heavy atom. The van der Waals surface area contributed by atoms with Gasteiger partial charge in [-0.2, -0.15) is 0 Å². The minimum atomic E-state index is 0.292. The van der Waals surface area contributed by atoms with E-state index in [1.54, 1.807) is 0 Å². The van der Waals surface area contributed by atoms with E-state index in [1.165, 1.54) is 5.56 Å². The summed E-state index contributed by atoms with van der Waals surface area (Å²) in [6, 6.07) is 8.36. The third kappa shape index (κ3) is 3.09. The molecule has 0 amide bonds. The van der Waals surface area contributed by atoms with E-state index in [4.69, 9.17) is 23.2 Å². The lowest BCUT2D eigenvalue weighted by atomic mass is 10.0. The van der Waals surface area contributed by atoms with Crippen LogP contribution in [0.3, 0.4) is 0 Å². The molecule has 1 saturated carbocycles. The highest BCUT2D eigenvalue weighted by molar-refractivity contribution is 9.10. The van der Waals surface area contributed by atoms with Gasteiger partial charge in [-0.15, -0.1) is 0 Å². The molecule has 2 aliphatic rings. The minimum absolute atomic E-state index is 0.292. The molecule has 1 aliphatic heterocycles. The lowest BCUT2D eigenvalue weighted by molar-refractivity contribution is 0.706. The Morgan fingerprint density at radius 1 is 1.04 bits per heavy atom. The largest absolute Gasteiger partial charge is 0.347 e. The van der Waals surface area contributed by atoms with Crippen LogP contribution < -0.4 is 4.90 Å². The Balaban J connectivity index is 1.68. The van der Waals surface area contributed by atoms with Gasteiger partial charge in [0.05, 0.1) is 11.7 Å². The van der Waals surface area contributed by atoms with E-state index in [2.05, 4.69) is 42.9 Å². The Labute approximate surface area is 154 Å². The molecule has 1 aromatic carbocycles. The van der Waals surface area contributed by atoms with E-state index in [0.717, 1.165) is 53.4 Å². The first-order valence-electron chi connectivity index (χ1n) is 7.88. The highest BCUT2D eigenvalue weighted by atomic mass is 79.9. The molecule has 3 nitrogen and oxygen atoms in total. The SMILES string of the molecule is Clc1ccc(C2CCCN2c2nc(Cl)c(C3CC3)nc2Br)cc1. The van der Waals surface area contributed by atoms with Crippen molar-refractivity contribution >= 4 is 44.9 Å². The Bertz CT molecular complexity index is 731. The number of nitrogens with zero attached hydrogens (tertiary/aromatic N) is 3. The summed E-state index contributed by atoms with van der Waals surface area (Å²) in [7, 11) is 0. The summed E-state index contributed by atoms with van der Waals surface area (Å²) < 4.78 is 0.796. The van der Waals surface area contributed by atoms with Crippen LogP contribution in [0.5, 0.6) is 0 Å². The molecule has 0 bridgehead atoms. The monoisotopic (exact) mass is 411 g/mol. The highest BCUT2D eigenvalue weighted by Gasteiger charge is 2.33. The molecule has 6 heteroatoms. The van der Waals surface area contributed by atoms with Gasteiger partial charge in [-0.3, -0.25) is 0 Å². The fourth-order valence-corrected chi connectivity index (χ4v) is 4.16. The van der Waals surface area contributed by atoms with Gasteiger partial charge in [0.2, 0.25) is 0 Å². The van der Waals surface area contributed by atoms with Crippen LogP contribution in [0.2, 0.25) is 10.2 Å². The predicted octanol–water partition coefficient (Wildman–Crippen LogP) is 5.76. The molecular formula is C17H16BrCl2N3. The Hall–Kier alpha value is -0.840. The average Bonchev–Trinajstić information content (AvgIpc) is 3.27. The van der Waals surface area contributed by atoms with Crippen molar-refractivity contribution in [1.82, 2.24) is 9.97 Å². The van der Waals surface area contributed by atoms with Crippen molar-refractivity contribution in [2.45, 2.75) is 37.6 Å². The van der Waals surface area contributed by atoms with E-state index < -0.39 is 0 Å².